The molecule has 19 heavy (non-hydrogen) atoms. The Morgan fingerprint density at radius 3 is 2.89 bits per heavy atom. The molecule has 1 fully saturated rings. The Balaban J connectivity index is 1.94. The van der Waals surface area contributed by atoms with Crippen LogP contribution in [0.3, 0.4) is 0 Å². The molecule has 3 rings (SSSR count). The molecule has 0 amide bonds. The van der Waals surface area contributed by atoms with Crippen molar-refractivity contribution in [3.63, 3.8) is 0 Å². The van der Waals surface area contributed by atoms with E-state index in [1.54, 1.807) is 11.3 Å². The molecule has 0 unspecified atom stereocenters. The minimum Gasteiger partial charge on any atom is -0.391 e. The summed E-state index contributed by atoms with van der Waals surface area (Å²) in [6, 6.07) is 4.66. The summed E-state index contributed by atoms with van der Waals surface area (Å²) >= 11 is 7.77. The van der Waals surface area contributed by atoms with Crippen LogP contribution in [0.2, 0.25) is 5.15 Å². The summed E-state index contributed by atoms with van der Waals surface area (Å²) in [6.07, 6.45) is 3.79. The first-order valence-corrected chi connectivity index (χ1v) is 7.44. The van der Waals surface area contributed by atoms with Gasteiger partial charge in [-0.15, -0.1) is 11.3 Å². The highest BCUT2D eigenvalue weighted by Gasteiger charge is 2.32. The first-order chi connectivity index (χ1) is 9.29. The maximum absolute atomic E-state index is 9.49. The molecule has 1 saturated carbocycles. The molecular weight excluding hydrogens is 282 g/mol. The summed E-state index contributed by atoms with van der Waals surface area (Å²) in [4.78, 5) is 11.8. The summed E-state index contributed by atoms with van der Waals surface area (Å²) < 4.78 is 0. The minimum absolute atomic E-state index is 0.136. The smallest absolute Gasteiger partial charge is 0.140 e. The lowest BCUT2D eigenvalue weighted by atomic mass is 10.2. The van der Waals surface area contributed by atoms with Gasteiger partial charge in [0.05, 0.1) is 18.7 Å². The van der Waals surface area contributed by atoms with Crippen LogP contribution in [-0.2, 0) is 13.2 Å². The quantitative estimate of drug-likeness (QED) is 0.862. The van der Waals surface area contributed by atoms with Crippen LogP contribution >= 0.6 is 22.9 Å². The van der Waals surface area contributed by atoms with Crippen LogP contribution in [0.1, 0.15) is 23.3 Å². The molecule has 0 atom stereocenters. The van der Waals surface area contributed by atoms with Crippen LogP contribution in [0.15, 0.2) is 23.8 Å². The monoisotopic (exact) mass is 295 g/mol. The molecule has 6 heteroatoms. The van der Waals surface area contributed by atoms with Gasteiger partial charge in [0.2, 0.25) is 0 Å². The normalized spacial score (nSPS) is 14.6. The fourth-order valence-electron chi connectivity index (χ4n) is 2.10. The van der Waals surface area contributed by atoms with Crippen molar-refractivity contribution in [1.29, 1.82) is 0 Å². The van der Waals surface area contributed by atoms with E-state index in [0.717, 1.165) is 25.2 Å². The molecule has 0 aliphatic heterocycles. The molecule has 0 saturated heterocycles. The zero-order valence-electron chi connectivity index (χ0n) is 10.3. The van der Waals surface area contributed by atoms with Gasteiger partial charge in [-0.3, -0.25) is 0 Å². The summed E-state index contributed by atoms with van der Waals surface area (Å²) in [5, 5.41) is 11.9. The molecular formula is C13H14ClN3OS. The second-order valence-electron chi connectivity index (χ2n) is 4.56. The maximum Gasteiger partial charge on any atom is 0.140 e. The van der Waals surface area contributed by atoms with Gasteiger partial charge in [-0.25, -0.2) is 9.97 Å². The standard InChI is InChI=1S/C13H14ClN3OS/c14-12-11(7-18)13(16-8-15-12)17(9-3-4-9)6-10-2-1-5-19-10/h1-2,5,8-9,18H,3-4,6-7H2. The number of thiophene rings is 1. The second kappa shape index (κ2) is 5.45. The lowest BCUT2D eigenvalue weighted by Crippen LogP contribution is -2.27. The number of aliphatic hydroxyl groups is 1. The molecule has 100 valence electrons. The fraction of sp³-hybridized carbons (Fsp3) is 0.385. The van der Waals surface area contributed by atoms with Gasteiger partial charge in [0.25, 0.3) is 0 Å². The van der Waals surface area contributed by atoms with Gasteiger partial charge in [-0.05, 0) is 24.3 Å². The van der Waals surface area contributed by atoms with Crippen molar-refractivity contribution in [2.24, 2.45) is 0 Å². The van der Waals surface area contributed by atoms with Gasteiger partial charge in [0.1, 0.15) is 17.3 Å². The number of halogens is 1. The molecule has 4 nitrogen and oxygen atoms in total. The summed E-state index contributed by atoms with van der Waals surface area (Å²) in [6.45, 7) is 0.672. The molecule has 0 spiro atoms. The van der Waals surface area contributed by atoms with Gasteiger partial charge in [-0.2, -0.15) is 0 Å². The zero-order chi connectivity index (χ0) is 13.2. The van der Waals surface area contributed by atoms with Crippen molar-refractivity contribution >= 4 is 28.8 Å². The Morgan fingerprint density at radius 2 is 2.26 bits per heavy atom. The van der Waals surface area contributed by atoms with E-state index < -0.39 is 0 Å². The molecule has 0 radical (unpaired) electrons. The topological polar surface area (TPSA) is 49.3 Å². The lowest BCUT2D eigenvalue weighted by Gasteiger charge is -2.25. The largest absolute Gasteiger partial charge is 0.391 e. The number of aliphatic hydroxyl groups excluding tert-OH is 1. The number of anilines is 1. The Hall–Kier alpha value is -1.17. The van der Waals surface area contributed by atoms with Crippen LogP contribution in [0.4, 0.5) is 5.82 Å². The summed E-state index contributed by atoms with van der Waals surface area (Å²) in [7, 11) is 0. The highest BCUT2D eigenvalue weighted by molar-refractivity contribution is 7.09. The van der Waals surface area contributed by atoms with E-state index in [2.05, 4.69) is 26.3 Å². The third-order valence-corrected chi connectivity index (χ3v) is 4.38. The predicted octanol–water partition coefficient (Wildman–Crippen LogP) is 2.85. The van der Waals surface area contributed by atoms with Gasteiger partial charge < -0.3 is 10.0 Å². The van der Waals surface area contributed by atoms with Crippen molar-refractivity contribution in [2.45, 2.75) is 32.0 Å². The Morgan fingerprint density at radius 1 is 1.42 bits per heavy atom. The molecule has 1 N–H and O–H groups in total. The fourth-order valence-corrected chi connectivity index (χ4v) is 2.99. The third kappa shape index (κ3) is 2.73. The SMILES string of the molecule is OCc1c(Cl)ncnc1N(Cc1cccs1)C1CC1. The van der Waals surface area contributed by atoms with E-state index in [0.29, 0.717) is 16.8 Å². The van der Waals surface area contributed by atoms with Crippen LogP contribution < -0.4 is 4.90 Å². The highest BCUT2D eigenvalue weighted by Crippen LogP contribution is 2.35. The number of hydrogen-bond donors (Lipinski definition) is 1. The van der Waals surface area contributed by atoms with Crippen LogP contribution in [0.5, 0.6) is 0 Å². The van der Waals surface area contributed by atoms with E-state index in [1.165, 1.54) is 11.2 Å². The minimum atomic E-state index is -0.136. The molecule has 0 bridgehead atoms. The molecule has 2 heterocycles. The van der Waals surface area contributed by atoms with E-state index in [-0.39, 0.29) is 6.61 Å². The first kappa shape index (κ1) is 12.8. The molecule has 1 aliphatic rings. The second-order valence-corrected chi connectivity index (χ2v) is 5.95. The Kier molecular flexibility index (Phi) is 3.68. The average Bonchev–Trinajstić information content (AvgIpc) is 3.13. The lowest BCUT2D eigenvalue weighted by molar-refractivity contribution is 0.281. The van der Waals surface area contributed by atoms with E-state index in [9.17, 15) is 5.11 Å². The van der Waals surface area contributed by atoms with Crippen molar-refractivity contribution in [3.8, 4) is 0 Å². The van der Waals surface area contributed by atoms with Crippen molar-refractivity contribution in [2.75, 3.05) is 4.90 Å². The van der Waals surface area contributed by atoms with Crippen LogP contribution in [0.25, 0.3) is 0 Å². The van der Waals surface area contributed by atoms with Crippen molar-refractivity contribution < 1.29 is 5.11 Å². The van der Waals surface area contributed by atoms with Gasteiger partial charge in [0.15, 0.2) is 0 Å². The summed E-state index contributed by atoms with van der Waals surface area (Å²) in [5.41, 5.74) is 0.618. The summed E-state index contributed by atoms with van der Waals surface area (Å²) in [5.74, 6) is 0.762. The molecule has 1 aliphatic carbocycles. The van der Waals surface area contributed by atoms with E-state index >= 15 is 0 Å². The average molecular weight is 296 g/mol. The number of nitrogens with zero attached hydrogens (tertiary/aromatic N) is 3. The molecule has 2 aromatic rings. The maximum atomic E-state index is 9.49. The predicted molar refractivity (Wildman–Crippen MR) is 76.5 cm³/mol. The van der Waals surface area contributed by atoms with E-state index in [1.807, 2.05) is 6.07 Å². The van der Waals surface area contributed by atoms with Gasteiger partial charge >= 0.3 is 0 Å². The van der Waals surface area contributed by atoms with Crippen molar-refractivity contribution in [1.82, 2.24) is 9.97 Å². The highest BCUT2D eigenvalue weighted by atomic mass is 35.5. The number of rotatable bonds is 5. The van der Waals surface area contributed by atoms with Crippen molar-refractivity contribution in [3.05, 3.63) is 39.4 Å². The van der Waals surface area contributed by atoms with E-state index in [4.69, 9.17) is 11.6 Å². The van der Waals surface area contributed by atoms with Gasteiger partial charge in [0, 0.05) is 10.9 Å². The van der Waals surface area contributed by atoms with Gasteiger partial charge in [-0.1, -0.05) is 17.7 Å². The molecule has 0 aromatic carbocycles. The van der Waals surface area contributed by atoms with Crippen LogP contribution in [-0.4, -0.2) is 21.1 Å². The Bertz CT molecular complexity index is 557. The first-order valence-electron chi connectivity index (χ1n) is 6.19. The zero-order valence-corrected chi connectivity index (χ0v) is 11.9. The Labute approximate surface area is 120 Å². The number of hydrogen-bond acceptors (Lipinski definition) is 5. The number of aromatic nitrogens is 2. The third-order valence-electron chi connectivity index (χ3n) is 3.19. The molecule has 2 aromatic heterocycles. The van der Waals surface area contributed by atoms with Crippen LogP contribution in [0, 0.1) is 0 Å².